The number of carbonyl (C=O) groups is 3. The van der Waals surface area contributed by atoms with E-state index < -0.39 is 46.3 Å². The minimum absolute atomic E-state index is 0.0499. The summed E-state index contributed by atoms with van der Waals surface area (Å²) in [6, 6.07) is 5.72. The van der Waals surface area contributed by atoms with Crippen molar-refractivity contribution in [2.24, 2.45) is 0 Å². The molecule has 0 saturated carbocycles. The van der Waals surface area contributed by atoms with Crippen LogP contribution in [0.1, 0.15) is 25.8 Å². The molecule has 0 aliphatic carbocycles. The zero-order valence-corrected chi connectivity index (χ0v) is 18.7. The molecule has 170 valence electrons. The molecule has 1 unspecified atom stereocenters. The van der Waals surface area contributed by atoms with Gasteiger partial charge < -0.3 is 19.7 Å². The van der Waals surface area contributed by atoms with Gasteiger partial charge in [0.25, 0.3) is 5.91 Å². The Hall–Kier alpha value is -2.88. The minimum Gasteiger partial charge on any atom is -0.497 e. The lowest BCUT2D eigenvalue weighted by Crippen LogP contribution is -2.44. The smallest absolute Gasteiger partial charge is 0.328 e. The third-order valence-electron chi connectivity index (χ3n) is 4.90. The standard InChI is InChI=1S/C21H28N2O7S/c1-4-23(17-11-12-31(27,28)14-17)20(25)13-30-21(26)15(2)22-19(24)10-7-16-5-8-18(29-3)9-6-16/h5-10,15,17H,4,11-14H2,1-3H3,(H,22,24)/b10-7+/t15-,17?/m0/s1. The average Bonchev–Trinajstić information content (AvgIpc) is 3.10. The van der Waals surface area contributed by atoms with E-state index in [4.69, 9.17) is 9.47 Å². The van der Waals surface area contributed by atoms with Crippen LogP contribution in [0.15, 0.2) is 30.3 Å². The van der Waals surface area contributed by atoms with Crippen LogP contribution in [0, 0.1) is 0 Å². The summed E-state index contributed by atoms with van der Waals surface area (Å²) in [7, 11) is -1.57. The largest absolute Gasteiger partial charge is 0.497 e. The average molecular weight is 453 g/mol. The van der Waals surface area contributed by atoms with Crippen LogP contribution in [-0.2, 0) is 29.0 Å². The van der Waals surface area contributed by atoms with Crippen LogP contribution in [-0.4, -0.2) is 75.0 Å². The molecular weight excluding hydrogens is 424 g/mol. The predicted molar refractivity (Wildman–Crippen MR) is 115 cm³/mol. The Labute approximate surface area is 182 Å². The van der Waals surface area contributed by atoms with E-state index in [0.29, 0.717) is 18.7 Å². The quantitative estimate of drug-likeness (QED) is 0.435. The Bertz CT molecular complexity index is 926. The van der Waals surface area contributed by atoms with Gasteiger partial charge in [0.1, 0.15) is 11.8 Å². The summed E-state index contributed by atoms with van der Waals surface area (Å²) in [4.78, 5) is 37.9. The number of rotatable bonds is 9. The Morgan fingerprint density at radius 3 is 2.48 bits per heavy atom. The van der Waals surface area contributed by atoms with Gasteiger partial charge in [-0.2, -0.15) is 0 Å². The molecule has 0 aromatic heterocycles. The second-order valence-corrected chi connectivity index (χ2v) is 9.41. The molecule has 10 heteroatoms. The number of ether oxygens (including phenoxy) is 2. The van der Waals surface area contributed by atoms with Crippen molar-refractivity contribution < 1.29 is 32.3 Å². The highest BCUT2D eigenvalue weighted by atomic mass is 32.2. The van der Waals surface area contributed by atoms with Gasteiger partial charge in [0, 0.05) is 18.7 Å². The summed E-state index contributed by atoms with van der Waals surface area (Å²) in [5.41, 5.74) is 0.783. The van der Waals surface area contributed by atoms with E-state index in [2.05, 4.69) is 5.32 Å². The topological polar surface area (TPSA) is 119 Å². The lowest BCUT2D eigenvalue weighted by molar-refractivity contribution is -0.154. The zero-order valence-electron chi connectivity index (χ0n) is 17.9. The summed E-state index contributed by atoms with van der Waals surface area (Å²) in [6.45, 7) is 3.00. The van der Waals surface area contributed by atoms with Crippen molar-refractivity contribution in [1.29, 1.82) is 0 Å². The molecule has 31 heavy (non-hydrogen) atoms. The van der Waals surface area contributed by atoms with Gasteiger partial charge in [0.05, 0.1) is 18.6 Å². The van der Waals surface area contributed by atoms with Crippen molar-refractivity contribution >= 4 is 33.7 Å². The second kappa shape index (κ2) is 10.9. The number of likely N-dealkylation sites (N-methyl/N-ethyl adjacent to an activating group) is 1. The van der Waals surface area contributed by atoms with Crippen LogP contribution >= 0.6 is 0 Å². The van der Waals surface area contributed by atoms with Gasteiger partial charge in [-0.05, 0) is 44.0 Å². The summed E-state index contributed by atoms with van der Waals surface area (Å²) in [5.74, 6) is -1.03. The molecule has 1 N–H and O–H groups in total. The number of methoxy groups -OCH3 is 1. The molecule has 1 aromatic rings. The Morgan fingerprint density at radius 2 is 1.94 bits per heavy atom. The van der Waals surface area contributed by atoms with Gasteiger partial charge in [0.15, 0.2) is 16.4 Å². The van der Waals surface area contributed by atoms with Crippen LogP contribution in [0.3, 0.4) is 0 Å². The molecule has 1 saturated heterocycles. The maximum Gasteiger partial charge on any atom is 0.328 e. The lowest BCUT2D eigenvalue weighted by Gasteiger charge is -2.26. The van der Waals surface area contributed by atoms with Crippen molar-refractivity contribution in [3.63, 3.8) is 0 Å². The van der Waals surface area contributed by atoms with Crippen LogP contribution < -0.4 is 10.1 Å². The summed E-state index contributed by atoms with van der Waals surface area (Å²) in [6.07, 6.45) is 3.25. The molecule has 1 fully saturated rings. The Morgan fingerprint density at radius 1 is 1.26 bits per heavy atom. The first-order valence-corrected chi connectivity index (χ1v) is 11.8. The van der Waals surface area contributed by atoms with Crippen molar-refractivity contribution in [1.82, 2.24) is 10.2 Å². The molecule has 0 radical (unpaired) electrons. The molecule has 1 aromatic carbocycles. The number of hydrogen-bond donors (Lipinski definition) is 1. The number of amides is 2. The molecule has 2 amide bonds. The summed E-state index contributed by atoms with van der Waals surface area (Å²) >= 11 is 0. The highest BCUT2D eigenvalue weighted by Crippen LogP contribution is 2.18. The highest BCUT2D eigenvalue weighted by Gasteiger charge is 2.34. The van der Waals surface area contributed by atoms with E-state index >= 15 is 0 Å². The Balaban J connectivity index is 1.80. The molecule has 2 rings (SSSR count). The monoisotopic (exact) mass is 452 g/mol. The number of hydrogen-bond acceptors (Lipinski definition) is 7. The second-order valence-electron chi connectivity index (χ2n) is 7.18. The number of sulfone groups is 1. The fourth-order valence-corrected chi connectivity index (χ4v) is 4.94. The van der Waals surface area contributed by atoms with Crippen LogP contribution in [0.5, 0.6) is 5.75 Å². The van der Waals surface area contributed by atoms with Gasteiger partial charge in [-0.25, -0.2) is 13.2 Å². The maximum absolute atomic E-state index is 12.4. The van der Waals surface area contributed by atoms with E-state index in [1.807, 2.05) is 0 Å². The first kappa shape index (κ1) is 24.4. The first-order valence-electron chi connectivity index (χ1n) is 9.94. The fraction of sp³-hybridized carbons (Fsp3) is 0.476. The van der Waals surface area contributed by atoms with Crippen LogP contribution in [0.25, 0.3) is 6.08 Å². The van der Waals surface area contributed by atoms with Gasteiger partial charge in [0.2, 0.25) is 5.91 Å². The van der Waals surface area contributed by atoms with E-state index in [1.54, 1.807) is 44.4 Å². The van der Waals surface area contributed by atoms with Crippen molar-refractivity contribution in [2.75, 3.05) is 31.8 Å². The minimum atomic E-state index is -3.13. The zero-order chi connectivity index (χ0) is 23.0. The highest BCUT2D eigenvalue weighted by molar-refractivity contribution is 7.91. The number of benzene rings is 1. The summed E-state index contributed by atoms with van der Waals surface area (Å²) < 4.78 is 33.4. The van der Waals surface area contributed by atoms with Gasteiger partial charge in [-0.1, -0.05) is 12.1 Å². The number of carbonyl (C=O) groups excluding carboxylic acids is 3. The lowest BCUT2D eigenvalue weighted by atomic mass is 10.2. The third kappa shape index (κ3) is 7.39. The molecule has 1 heterocycles. The van der Waals surface area contributed by atoms with Crippen molar-refractivity contribution in [2.45, 2.75) is 32.4 Å². The van der Waals surface area contributed by atoms with E-state index in [0.717, 1.165) is 5.56 Å². The Kier molecular flexibility index (Phi) is 8.61. The van der Waals surface area contributed by atoms with Crippen LogP contribution in [0.2, 0.25) is 0 Å². The molecule has 0 bridgehead atoms. The normalized spacial score (nSPS) is 18.4. The van der Waals surface area contributed by atoms with E-state index in [1.165, 1.54) is 17.9 Å². The molecule has 0 spiro atoms. The molecular formula is C21H28N2O7S. The molecule has 1 aliphatic rings. The number of nitrogens with zero attached hydrogens (tertiary/aromatic N) is 1. The molecule has 1 aliphatic heterocycles. The number of esters is 1. The summed E-state index contributed by atoms with van der Waals surface area (Å²) in [5, 5.41) is 2.48. The van der Waals surface area contributed by atoms with Crippen molar-refractivity contribution in [3.05, 3.63) is 35.9 Å². The fourth-order valence-electron chi connectivity index (χ4n) is 3.21. The molecule has 2 atom stereocenters. The van der Waals surface area contributed by atoms with Crippen molar-refractivity contribution in [3.8, 4) is 5.75 Å². The SMILES string of the molecule is CCN(C(=O)COC(=O)[C@H](C)NC(=O)/C=C/c1ccc(OC)cc1)C1CCS(=O)(=O)C1. The van der Waals surface area contributed by atoms with Crippen LogP contribution in [0.4, 0.5) is 0 Å². The predicted octanol–water partition coefficient (Wildman–Crippen LogP) is 0.792. The first-order chi connectivity index (χ1) is 14.6. The maximum atomic E-state index is 12.4. The van der Waals surface area contributed by atoms with Gasteiger partial charge in [-0.3, -0.25) is 9.59 Å². The molecule has 9 nitrogen and oxygen atoms in total. The van der Waals surface area contributed by atoms with Gasteiger partial charge in [-0.15, -0.1) is 0 Å². The third-order valence-corrected chi connectivity index (χ3v) is 6.65. The van der Waals surface area contributed by atoms with E-state index in [9.17, 15) is 22.8 Å². The van der Waals surface area contributed by atoms with E-state index in [-0.39, 0.29) is 11.5 Å². The van der Waals surface area contributed by atoms with Gasteiger partial charge >= 0.3 is 5.97 Å². The number of nitrogens with one attached hydrogen (secondary N) is 1.